The van der Waals surface area contributed by atoms with E-state index in [0.29, 0.717) is 12.2 Å². The maximum atomic E-state index is 11.8. The predicted molar refractivity (Wildman–Crippen MR) is 77.4 cm³/mol. The largest absolute Gasteiger partial charge is 0.349 e. The smallest absolute Gasteiger partial charge is 0.271 e. The van der Waals surface area contributed by atoms with Crippen LogP contribution in [0.3, 0.4) is 0 Å². The number of hydrogen-bond acceptors (Lipinski definition) is 4. The van der Waals surface area contributed by atoms with E-state index in [1.807, 2.05) is 17.5 Å². The SMILES string of the molecule is CCCNCCNC(=O)c1cc(-c2cccs2)[nH]n1. The van der Waals surface area contributed by atoms with Gasteiger partial charge in [-0.1, -0.05) is 13.0 Å². The number of aromatic nitrogens is 2. The Labute approximate surface area is 116 Å². The molecule has 6 heteroatoms. The molecule has 2 aromatic rings. The van der Waals surface area contributed by atoms with Gasteiger partial charge in [0.25, 0.3) is 5.91 Å². The average molecular weight is 278 g/mol. The summed E-state index contributed by atoms with van der Waals surface area (Å²) in [6, 6.07) is 5.75. The number of nitrogens with one attached hydrogen (secondary N) is 3. The molecule has 19 heavy (non-hydrogen) atoms. The average Bonchev–Trinajstić information content (AvgIpc) is 3.08. The molecule has 0 fully saturated rings. The first-order valence-electron chi connectivity index (χ1n) is 6.39. The molecule has 2 rings (SSSR count). The number of carbonyl (C=O) groups is 1. The summed E-state index contributed by atoms with van der Waals surface area (Å²) in [6.45, 7) is 4.48. The van der Waals surface area contributed by atoms with Crippen LogP contribution >= 0.6 is 11.3 Å². The molecule has 0 saturated carbocycles. The number of carbonyl (C=O) groups excluding carboxylic acids is 1. The van der Waals surface area contributed by atoms with Crippen molar-refractivity contribution < 1.29 is 4.79 Å². The van der Waals surface area contributed by atoms with Gasteiger partial charge in [-0.3, -0.25) is 9.89 Å². The van der Waals surface area contributed by atoms with Crippen LogP contribution in [0.2, 0.25) is 0 Å². The summed E-state index contributed by atoms with van der Waals surface area (Å²) in [6.07, 6.45) is 1.09. The normalized spacial score (nSPS) is 10.6. The lowest BCUT2D eigenvalue weighted by Crippen LogP contribution is -2.32. The van der Waals surface area contributed by atoms with E-state index in [-0.39, 0.29) is 5.91 Å². The van der Waals surface area contributed by atoms with E-state index >= 15 is 0 Å². The summed E-state index contributed by atoms with van der Waals surface area (Å²) in [5.74, 6) is -0.141. The van der Waals surface area contributed by atoms with Gasteiger partial charge in [0, 0.05) is 13.1 Å². The van der Waals surface area contributed by atoms with Crippen LogP contribution < -0.4 is 10.6 Å². The summed E-state index contributed by atoms with van der Waals surface area (Å²) >= 11 is 1.62. The standard InChI is InChI=1S/C13H18N4OS/c1-2-5-14-6-7-15-13(18)11-9-10(16-17-11)12-4-3-8-19-12/h3-4,8-9,14H,2,5-7H2,1H3,(H,15,18)(H,16,17). The zero-order valence-electron chi connectivity index (χ0n) is 10.9. The fraction of sp³-hybridized carbons (Fsp3) is 0.385. The van der Waals surface area contributed by atoms with Gasteiger partial charge in [0.2, 0.25) is 0 Å². The number of H-pyrrole nitrogens is 1. The van der Waals surface area contributed by atoms with Gasteiger partial charge >= 0.3 is 0 Å². The zero-order valence-corrected chi connectivity index (χ0v) is 11.7. The number of thiophene rings is 1. The number of hydrogen-bond donors (Lipinski definition) is 3. The maximum absolute atomic E-state index is 11.8. The summed E-state index contributed by atoms with van der Waals surface area (Å²) in [4.78, 5) is 12.9. The third kappa shape index (κ3) is 3.90. The van der Waals surface area contributed by atoms with Gasteiger partial charge < -0.3 is 10.6 Å². The molecule has 0 unspecified atom stereocenters. The Kier molecular flexibility index (Phi) is 5.11. The first kappa shape index (κ1) is 13.8. The molecule has 2 aromatic heterocycles. The van der Waals surface area contributed by atoms with Crippen molar-refractivity contribution >= 4 is 17.2 Å². The number of amides is 1. The molecule has 3 N–H and O–H groups in total. The molecule has 1 amide bonds. The van der Waals surface area contributed by atoms with E-state index in [9.17, 15) is 4.79 Å². The molecule has 0 spiro atoms. The number of nitrogens with zero attached hydrogens (tertiary/aromatic N) is 1. The summed E-state index contributed by atoms with van der Waals surface area (Å²) in [7, 11) is 0. The Balaban J connectivity index is 1.83. The molecule has 0 saturated heterocycles. The lowest BCUT2D eigenvalue weighted by molar-refractivity contribution is 0.0949. The molecule has 0 aromatic carbocycles. The minimum absolute atomic E-state index is 0.141. The molecule has 5 nitrogen and oxygen atoms in total. The molecular weight excluding hydrogens is 260 g/mol. The van der Waals surface area contributed by atoms with Gasteiger partial charge in [0.15, 0.2) is 5.69 Å². The molecule has 0 radical (unpaired) electrons. The van der Waals surface area contributed by atoms with Crippen molar-refractivity contribution in [1.29, 1.82) is 0 Å². The molecule has 102 valence electrons. The molecule has 0 aliphatic carbocycles. The van der Waals surface area contributed by atoms with Crippen molar-refractivity contribution in [3.63, 3.8) is 0 Å². The van der Waals surface area contributed by atoms with Crippen LogP contribution in [0, 0.1) is 0 Å². The van der Waals surface area contributed by atoms with Crippen LogP contribution in [0.25, 0.3) is 10.6 Å². The molecule has 0 atom stereocenters. The monoisotopic (exact) mass is 278 g/mol. The Hall–Kier alpha value is -1.66. The van der Waals surface area contributed by atoms with E-state index in [1.54, 1.807) is 17.4 Å². The zero-order chi connectivity index (χ0) is 13.5. The van der Waals surface area contributed by atoms with Gasteiger partial charge in [-0.25, -0.2) is 0 Å². The molecule has 0 bridgehead atoms. The maximum Gasteiger partial charge on any atom is 0.271 e. The highest BCUT2D eigenvalue weighted by Gasteiger charge is 2.10. The minimum Gasteiger partial charge on any atom is -0.349 e. The highest BCUT2D eigenvalue weighted by molar-refractivity contribution is 7.13. The van der Waals surface area contributed by atoms with Gasteiger partial charge in [-0.15, -0.1) is 11.3 Å². The second-order valence-corrected chi connectivity index (χ2v) is 5.10. The molecule has 0 aliphatic rings. The van der Waals surface area contributed by atoms with Crippen molar-refractivity contribution in [3.05, 3.63) is 29.3 Å². The minimum atomic E-state index is -0.141. The fourth-order valence-corrected chi connectivity index (χ4v) is 2.35. The quantitative estimate of drug-likeness (QED) is 0.677. The van der Waals surface area contributed by atoms with Crippen molar-refractivity contribution in [2.75, 3.05) is 19.6 Å². The number of aromatic amines is 1. The van der Waals surface area contributed by atoms with Crippen molar-refractivity contribution in [2.24, 2.45) is 0 Å². The van der Waals surface area contributed by atoms with E-state index in [1.165, 1.54) is 0 Å². The van der Waals surface area contributed by atoms with E-state index in [0.717, 1.165) is 30.1 Å². The van der Waals surface area contributed by atoms with Crippen LogP contribution in [-0.2, 0) is 0 Å². The molecular formula is C13H18N4OS. The Bertz CT molecular complexity index is 506. The Morgan fingerprint density at radius 1 is 1.42 bits per heavy atom. The second kappa shape index (κ2) is 7.06. The van der Waals surface area contributed by atoms with Gasteiger partial charge in [0.05, 0.1) is 10.6 Å². The Morgan fingerprint density at radius 2 is 2.32 bits per heavy atom. The lowest BCUT2D eigenvalue weighted by atomic mass is 10.3. The van der Waals surface area contributed by atoms with E-state index in [2.05, 4.69) is 27.8 Å². The predicted octanol–water partition coefficient (Wildman–Crippen LogP) is 1.87. The van der Waals surface area contributed by atoms with Gasteiger partial charge in [-0.2, -0.15) is 5.10 Å². The summed E-state index contributed by atoms with van der Waals surface area (Å²) in [5.41, 5.74) is 1.31. The van der Waals surface area contributed by atoms with Crippen molar-refractivity contribution in [3.8, 4) is 10.6 Å². The van der Waals surface area contributed by atoms with Crippen LogP contribution in [0.5, 0.6) is 0 Å². The fourth-order valence-electron chi connectivity index (χ4n) is 1.65. The third-order valence-electron chi connectivity index (χ3n) is 2.61. The van der Waals surface area contributed by atoms with Crippen molar-refractivity contribution in [1.82, 2.24) is 20.8 Å². The summed E-state index contributed by atoms with van der Waals surface area (Å²) < 4.78 is 0. The Morgan fingerprint density at radius 3 is 3.05 bits per heavy atom. The van der Waals surface area contributed by atoms with Crippen molar-refractivity contribution in [2.45, 2.75) is 13.3 Å². The second-order valence-electron chi connectivity index (χ2n) is 4.15. The van der Waals surface area contributed by atoms with Crippen LogP contribution in [0.15, 0.2) is 23.6 Å². The first-order valence-corrected chi connectivity index (χ1v) is 7.27. The first-order chi connectivity index (χ1) is 9.31. The van der Waals surface area contributed by atoms with E-state index < -0.39 is 0 Å². The highest BCUT2D eigenvalue weighted by Crippen LogP contribution is 2.22. The highest BCUT2D eigenvalue weighted by atomic mass is 32.1. The summed E-state index contributed by atoms with van der Waals surface area (Å²) in [5, 5.41) is 15.0. The molecule has 0 aliphatic heterocycles. The third-order valence-corrected chi connectivity index (χ3v) is 3.51. The van der Waals surface area contributed by atoms with Crippen LogP contribution in [0.4, 0.5) is 0 Å². The topological polar surface area (TPSA) is 69.8 Å². The van der Waals surface area contributed by atoms with Crippen LogP contribution in [-0.4, -0.2) is 35.7 Å². The number of rotatable bonds is 7. The lowest BCUT2D eigenvalue weighted by Gasteiger charge is -2.03. The van der Waals surface area contributed by atoms with E-state index in [4.69, 9.17) is 0 Å². The molecule has 2 heterocycles. The van der Waals surface area contributed by atoms with Gasteiger partial charge in [-0.05, 0) is 30.5 Å². The van der Waals surface area contributed by atoms with Crippen LogP contribution in [0.1, 0.15) is 23.8 Å². The van der Waals surface area contributed by atoms with Gasteiger partial charge in [0.1, 0.15) is 0 Å².